The predicted octanol–water partition coefficient (Wildman–Crippen LogP) is 4.43. The highest BCUT2D eigenvalue weighted by Gasteiger charge is 2.06. The van der Waals surface area contributed by atoms with Crippen molar-refractivity contribution in [3.63, 3.8) is 0 Å². The van der Waals surface area contributed by atoms with Crippen LogP contribution in [0.3, 0.4) is 0 Å². The first-order valence-corrected chi connectivity index (χ1v) is 8.51. The van der Waals surface area contributed by atoms with E-state index in [-0.39, 0.29) is 11.5 Å². The summed E-state index contributed by atoms with van der Waals surface area (Å²) >= 11 is 0. The molecular weight excluding hydrogens is 312 g/mol. The lowest BCUT2D eigenvalue weighted by Crippen LogP contribution is -1.93. The molecule has 0 aliphatic heterocycles. The molecule has 3 aromatic rings. The number of aryl methyl sites for hydroxylation is 3. The van der Waals surface area contributed by atoms with Gasteiger partial charge in [0.05, 0.1) is 11.4 Å². The zero-order chi connectivity index (χ0) is 17.6. The minimum atomic E-state index is -0.0537. The van der Waals surface area contributed by atoms with Gasteiger partial charge in [-0.1, -0.05) is 24.3 Å². The number of nitrogens with zero attached hydrogens (tertiary/aromatic N) is 2. The summed E-state index contributed by atoms with van der Waals surface area (Å²) in [5.74, 6) is -0.0545. The molecule has 0 unspecified atom stereocenters. The van der Waals surface area contributed by atoms with E-state index in [1.165, 1.54) is 11.6 Å². The van der Waals surface area contributed by atoms with Crippen molar-refractivity contribution < 1.29 is 10.2 Å². The second-order valence-corrected chi connectivity index (χ2v) is 6.26. The normalized spacial score (nSPS) is 10.8. The van der Waals surface area contributed by atoms with E-state index in [0.29, 0.717) is 0 Å². The zero-order valence-electron chi connectivity index (χ0n) is 14.3. The number of rotatable bonds is 6. The zero-order valence-corrected chi connectivity index (χ0v) is 14.3. The topological polar surface area (TPSA) is 66.2 Å². The average Bonchev–Trinajstić information content (AvgIpc) is 2.63. The van der Waals surface area contributed by atoms with Gasteiger partial charge in [0.15, 0.2) is 11.5 Å². The van der Waals surface area contributed by atoms with E-state index < -0.39 is 0 Å². The number of phenolic OH excluding ortho intramolecular Hbond substituents is 2. The summed E-state index contributed by atoms with van der Waals surface area (Å²) < 4.78 is 0. The van der Waals surface area contributed by atoms with Gasteiger partial charge in [-0.15, -0.1) is 0 Å². The van der Waals surface area contributed by atoms with Crippen LogP contribution in [0.15, 0.2) is 54.9 Å². The maximum Gasteiger partial charge on any atom is 0.160 e. The number of phenols is 2. The highest BCUT2D eigenvalue weighted by Crippen LogP contribution is 2.29. The number of pyridine rings is 2. The van der Waals surface area contributed by atoms with Crippen molar-refractivity contribution in [2.45, 2.75) is 32.6 Å². The van der Waals surface area contributed by atoms with E-state index in [1.807, 2.05) is 43.6 Å². The van der Waals surface area contributed by atoms with Crippen LogP contribution in [0.2, 0.25) is 0 Å². The van der Waals surface area contributed by atoms with Gasteiger partial charge >= 0.3 is 0 Å². The number of hydrogen-bond acceptors (Lipinski definition) is 4. The summed E-state index contributed by atoms with van der Waals surface area (Å²) in [6.45, 7) is 2.02. The van der Waals surface area contributed by atoms with Crippen molar-refractivity contribution in [2.24, 2.45) is 0 Å². The Labute approximate surface area is 147 Å². The Kier molecular flexibility index (Phi) is 5.29. The largest absolute Gasteiger partial charge is 0.504 e. The molecule has 0 saturated carbocycles. The molecule has 1 aromatic carbocycles. The van der Waals surface area contributed by atoms with Crippen LogP contribution in [0.5, 0.6) is 11.5 Å². The Balaban J connectivity index is 1.52. The van der Waals surface area contributed by atoms with Crippen molar-refractivity contribution in [3.8, 4) is 22.9 Å². The lowest BCUT2D eigenvalue weighted by atomic mass is 10.0. The summed E-state index contributed by atoms with van der Waals surface area (Å²) in [6, 6.07) is 13.2. The standard InChI is InChI=1S/C21H22N2O2/c1-15-9-11-18(22-13-15)19-12-10-16(14-23-19)5-2-3-6-17-7-4-8-20(24)21(17)25/h4,7-14,24-25H,2-3,5-6H2,1H3. The maximum atomic E-state index is 9.80. The van der Waals surface area contributed by atoms with Gasteiger partial charge in [-0.2, -0.15) is 0 Å². The van der Waals surface area contributed by atoms with E-state index in [1.54, 1.807) is 6.07 Å². The van der Waals surface area contributed by atoms with Crippen LogP contribution in [-0.4, -0.2) is 20.2 Å². The third kappa shape index (κ3) is 4.35. The molecule has 0 bridgehead atoms. The van der Waals surface area contributed by atoms with Crippen molar-refractivity contribution in [1.82, 2.24) is 9.97 Å². The number of benzene rings is 1. The molecule has 2 aromatic heterocycles. The summed E-state index contributed by atoms with van der Waals surface area (Å²) in [7, 11) is 0. The van der Waals surface area contributed by atoms with Gasteiger partial charge in [0.2, 0.25) is 0 Å². The summed E-state index contributed by atoms with van der Waals surface area (Å²) in [5.41, 5.74) is 4.89. The smallest absolute Gasteiger partial charge is 0.160 e. The summed E-state index contributed by atoms with van der Waals surface area (Å²) in [4.78, 5) is 8.90. The monoisotopic (exact) mass is 334 g/mol. The average molecular weight is 334 g/mol. The van der Waals surface area contributed by atoms with Gasteiger partial charge in [0.25, 0.3) is 0 Å². The van der Waals surface area contributed by atoms with Crippen LogP contribution < -0.4 is 0 Å². The minimum Gasteiger partial charge on any atom is -0.504 e. The molecule has 4 heteroatoms. The van der Waals surface area contributed by atoms with Gasteiger partial charge < -0.3 is 10.2 Å². The highest BCUT2D eigenvalue weighted by atomic mass is 16.3. The van der Waals surface area contributed by atoms with Gasteiger partial charge in [-0.25, -0.2) is 0 Å². The first-order chi connectivity index (χ1) is 12.1. The fourth-order valence-electron chi connectivity index (χ4n) is 2.77. The Morgan fingerprint density at radius 2 is 1.52 bits per heavy atom. The molecule has 4 nitrogen and oxygen atoms in total. The van der Waals surface area contributed by atoms with Gasteiger partial charge in [-0.3, -0.25) is 9.97 Å². The van der Waals surface area contributed by atoms with E-state index >= 15 is 0 Å². The van der Waals surface area contributed by atoms with Gasteiger partial charge in [0.1, 0.15) is 0 Å². The third-order valence-electron chi connectivity index (χ3n) is 4.26. The summed E-state index contributed by atoms with van der Waals surface area (Å²) in [5, 5.41) is 19.3. The Morgan fingerprint density at radius 3 is 2.20 bits per heavy atom. The molecule has 3 rings (SSSR count). The molecule has 0 fully saturated rings. The molecule has 128 valence electrons. The van der Waals surface area contributed by atoms with E-state index in [4.69, 9.17) is 0 Å². The second kappa shape index (κ2) is 7.79. The number of unbranched alkanes of at least 4 members (excludes halogenated alkanes) is 1. The lowest BCUT2D eigenvalue weighted by Gasteiger charge is -2.06. The van der Waals surface area contributed by atoms with Gasteiger partial charge in [0, 0.05) is 12.4 Å². The van der Waals surface area contributed by atoms with Crippen molar-refractivity contribution in [2.75, 3.05) is 0 Å². The number of hydrogen-bond donors (Lipinski definition) is 2. The van der Waals surface area contributed by atoms with Crippen LogP contribution in [0.4, 0.5) is 0 Å². The quantitative estimate of drug-likeness (QED) is 0.517. The number of para-hydroxylation sites is 1. The Bertz CT molecular complexity index is 828. The molecule has 0 saturated heterocycles. The highest BCUT2D eigenvalue weighted by molar-refractivity contribution is 5.54. The van der Waals surface area contributed by atoms with E-state index in [2.05, 4.69) is 16.0 Å². The maximum absolute atomic E-state index is 9.80. The fourth-order valence-corrected chi connectivity index (χ4v) is 2.77. The molecule has 0 atom stereocenters. The first-order valence-electron chi connectivity index (χ1n) is 8.51. The number of aromatic nitrogens is 2. The molecule has 0 spiro atoms. The number of aromatic hydroxyl groups is 2. The molecule has 0 amide bonds. The van der Waals surface area contributed by atoms with Crippen molar-refractivity contribution in [1.29, 1.82) is 0 Å². The molecule has 2 heterocycles. The van der Waals surface area contributed by atoms with E-state index in [0.717, 1.165) is 48.2 Å². The minimum absolute atomic E-state index is 0.000817. The molecular formula is C21H22N2O2. The summed E-state index contributed by atoms with van der Waals surface area (Å²) in [6.07, 6.45) is 7.38. The third-order valence-corrected chi connectivity index (χ3v) is 4.26. The molecule has 0 aliphatic carbocycles. The SMILES string of the molecule is Cc1ccc(-c2ccc(CCCCc3cccc(O)c3O)cn2)nc1. The lowest BCUT2D eigenvalue weighted by molar-refractivity contribution is 0.398. The van der Waals surface area contributed by atoms with Crippen LogP contribution >= 0.6 is 0 Å². The van der Waals surface area contributed by atoms with Crippen molar-refractivity contribution >= 4 is 0 Å². The van der Waals surface area contributed by atoms with Crippen LogP contribution in [0.1, 0.15) is 29.5 Å². The fraction of sp³-hybridized carbons (Fsp3) is 0.238. The van der Waals surface area contributed by atoms with Gasteiger partial charge in [-0.05, 0) is 67.5 Å². The van der Waals surface area contributed by atoms with E-state index in [9.17, 15) is 10.2 Å². The first kappa shape index (κ1) is 17.0. The second-order valence-electron chi connectivity index (χ2n) is 6.26. The molecule has 25 heavy (non-hydrogen) atoms. The van der Waals surface area contributed by atoms with Crippen molar-refractivity contribution in [3.05, 3.63) is 71.5 Å². The van der Waals surface area contributed by atoms with Crippen LogP contribution in [0.25, 0.3) is 11.4 Å². The Morgan fingerprint density at radius 1 is 0.800 bits per heavy atom. The van der Waals surface area contributed by atoms with Crippen LogP contribution in [-0.2, 0) is 12.8 Å². The van der Waals surface area contributed by atoms with Crippen LogP contribution in [0, 0.1) is 6.92 Å². The molecule has 2 N–H and O–H groups in total. The molecule has 0 radical (unpaired) electrons. The Hall–Kier alpha value is -2.88. The molecule has 0 aliphatic rings. The predicted molar refractivity (Wildman–Crippen MR) is 98.6 cm³/mol.